The summed E-state index contributed by atoms with van der Waals surface area (Å²) in [4.78, 5) is 10.0. The maximum Gasteiger partial charge on any atom is 0.0968 e. The van der Waals surface area contributed by atoms with E-state index in [9.17, 15) is 0 Å². The summed E-state index contributed by atoms with van der Waals surface area (Å²) < 4.78 is 2.59. The number of aromatic nitrogens is 2. The summed E-state index contributed by atoms with van der Waals surface area (Å²) in [6, 6.07) is 27.7. The van der Waals surface area contributed by atoms with Crippen LogP contribution in [0.4, 0.5) is 0 Å². The van der Waals surface area contributed by atoms with Gasteiger partial charge in [-0.15, -0.1) is 11.3 Å². The molecule has 0 aliphatic rings. The largest absolute Gasteiger partial charge is 0.249 e. The molecule has 132 valence electrons. The van der Waals surface area contributed by atoms with Crippen molar-refractivity contribution in [2.24, 2.45) is 0 Å². The van der Waals surface area contributed by atoms with Gasteiger partial charge < -0.3 is 0 Å². The van der Waals surface area contributed by atoms with Crippen molar-refractivity contribution in [2.75, 3.05) is 0 Å². The standard InChI is InChI=1S/C25H16N2S/c1-15-23(27-21-14-13-16-7-2-3-8-17(16)24(21)26-15)20-11-6-10-19-18-9-4-5-12-22(18)28-25(19)20/h2-14H,1H3. The van der Waals surface area contributed by atoms with E-state index in [1.807, 2.05) is 11.3 Å². The van der Waals surface area contributed by atoms with E-state index in [4.69, 9.17) is 9.97 Å². The first-order chi connectivity index (χ1) is 13.8. The van der Waals surface area contributed by atoms with Crippen LogP contribution in [0.5, 0.6) is 0 Å². The normalized spacial score (nSPS) is 11.8. The predicted molar refractivity (Wildman–Crippen MR) is 120 cm³/mol. The van der Waals surface area contributed by atoms with Gasteiger partial charge in [-0.25, -0.2) is 9.97 Å². The molecule has 6 aromatic rings. The van der Waals surface area contributed by atoms with Crippen LogP contribution in [0.15, 0.2) is 78.9 Å². The Labute approximate surface area is 166 Å². The first kappa shape index (κ1) is 15.7. The van der Waals surface area contributed by atoms with Crippen molar-refractivity contribution in [3.05, 3.63) is 84.6 Å². The van der Waals surface area contributed by atoms with Crippen molar-refractivity contribution in [1.29, 1.82) is 0 Å². The molecule has 0 atom stereocenters. The maximum absolute atomic E-state index is 5.06. The molecule has 3 heteroatoms. The van der Waals surface area contributed by atoms with Gasteiger partial charge in [0.05, 0.1) is 22.4 Å². The van der Waals surface area contributed by atoms with Gasteiger partial charge in [0.25, 0.3) is 0 Å². The number of hydrogen-bond donors (Lipinski definition) is 0. The van der Waals surface area contributed by atoms with Crippen LogP contribution in [0, 0.1) is 6.92 Å². The third-order valence-electron chi connectivity index (χ3n) is 5.39. The average molecular weight is 376 g/mol. The van der Waals surface area contributed by atoms with Gasteiger partial charge in [-0.05, 0) is 24.4 Å². The molecule has 0 bridgehead atoms. The molecule has 0 fully saturated rings. The minimum Gasteiger partial charge on any atom is -0.249 e. The van der Waals surface area contributed by atoms with Crippen LogP contribution in [0.25, 0.3) is 53.2 Å². The monoisotopic (exact) mass is 376 g/mol. The Morgan fingerprint density at radius 1 is 0.679 bits per heavy atom. The lowest BCUT2D eigenvalue weighted by atomic mass is 10.0. The molecule has 0 saturated heterocycles. The summed E-state index contributed by atoms with van der Waals surface area (Å²) in [6.45, 7) is 2.07. The predicted octanol–water partition coefficient (Wildman–Crippen LogP) is 7.13. The highest BCUT2D eigenvalue weighted by Gasteiger charge is 2.15. The summed E-state index contributed by atoms with van der Waals surface area (Å²) in [7, 11) is 0. The molecule has 28 heavy (non-hydrogen) atoms. The van der Waals surface area contributed by atoms with Gasteiger partial charge in [0.15, 0.2) is 0 Å². The van der Waals surface area contributed by atoms with E-state index in [-0.39, 0.29) is 0 Å². The van der Waals surface area contributed by atoms with Crippen LogP contribution in [0.2, 0.25) is 0 Å². The highest BCUT2D eigenvalue weighted by molar-refractivity contribution is 7.26. The zero-order valence-corrected chi connectivity index (χ0v) is 16.1. The highest BCUT2D eigenvalue weighted by Crippen LogP contribution is 2.40. The fourth-order valence-electron chi connectivity index (χ4n) is 4.06. The summed E-state index contributed by atoms with van der Waals surface area (Å²) in [5, 5.41) is 4.95. The molecule has 2 heterocycles. The van der Waals surface area contributed by atoms with E-state index in [0.29, 0.717) is 0 Å². The maximum atomic E-state index is 5.06. The lowest BCUT2D eigenvalue weighted by Crippen LogP contribution is -1.95. The van der Waals surface area contributed by atoms with Crippen molar-refractivity contribution in [3.8, 4) is 11.3 Å². The second-order valence-corrected chi connectivity index (χ2v) is 8.14. The second-order valence-electron chi connectivity index (χ2n) is 7.09. The third-order valence-corrected chi connectivity index (χ3v) is 6.61. The summed E-state index contributed by atoms with van der Waals surface area (Å²) in [6.07, 6.45) is 0. The number of aryl methyl sites for hydroxylation is 1. The van der Waals surface area contributed by atoms with E-state index < -0.39 is 0 Å². The lowest BCUT2D eigenvalue weighted by molar-refractivity contribution is 1.20. The summed E-state index contributed by atoms with van der Waals surface area (Å²) in [5.74, 6) is 0. The van der Waals surface area contributed by atoms with Crippen molar-refractivity contribution in [1.82, 2.24) is 9.97 Å². The quantitative estimate of drug-likeness (QED) is 0.285. The Balaban J connectivity index is 1.68. The Morgan fingerprint density at radius 2 is 1.46 bits per heavy atom. The molecule has 0 unspecified atom stereocenters. The number of nitrogens with zero attached hydrogens (tertiary/aromatic N) is 2. The van der Waals surface area contributed by atoms with Crippen LogP contribution in [-0.2, 0) is 0 Å². The summed E-state index contributed by atoms with van der Waals surface area (Å²) in [5.41, 5.74) is 5.02. The molecule has 2 nitrogen and oxygen atoms in total. The number of benzene rings is 4. The smallest absolute Gasteiger partial charge is 0.0968 e. The highest BCUT2D eigenvalue weighted by atomic mass is 32.1. The van der Waals surface area contributed by atoms with Gasteiger partial charge >= 0.3 is 0 Å². The zero-order chi connectivity index (χ0) is 18.7. The van der Waals surface area contributed by atoms with Crippen LogP contribution in [0.1, 0.15) is 5.69 Å². The molecule has 0 aliphatic heterocycles. The number of thiophene rings is 1. The van der Waals surface area contributed by atoms with E-state index >= 15 is 0 Å². The van der Waals surface area contributed by atoms with Crippen molar-refractivity contribution < 1.29 is 0 Å². The molecular weight excluding hydrogens is 360 g/mol. The lowest BCUT2D eigenvalue weighted by Gasteiger charge is -2.09. The average Bonchev–Trinajstić information content (AvgIpc) is 3.12. The van der Waals surface area contributed by atoms with E-state index in [1.165, 1.54) is 31.1 Å². The molecule has 0 amide bonds. The van der Waals surface area contributed by atoms with Crippen LogP contribution >= 0.6 is 11.3 Å². The minimum absolute atomic E-state index is 0.942. The minimum atomic E-state index is 0.942. The Kier molecular flexibility index (Phi) is 3.28. The van der Waals surface area contributed by atoms with Crippen LogP contribution in [0.3, 0.4) is 0 Å². The summed E-state index contributed by atoms with van der Waals surface area (Å²) >= 11 is 1.83. The van der Waals surface area contributed by atoms with Crippen molar-refractivity contribution in [2.45, 2.75) is 6.92 Å². The first-order valence-electron chi connectivity index (χ1n) is 9.36. The van der Waals surface area contributed by atoms with Gasteiger partial charge in [0.2, 0.25) is 0 Å². The van der Waals surface area contributed by atoms with Gasteiger partial charge in [0.1, 0.15) is 0 Å². The second kappa shape index (κ2) is 5.85. The van der Waals surface area contributed by atoms with Crippen molar-refractivity contribution >= 4 is 53.3 Å². The Bertz CT molecular complexity index is 1530. The molecule has 0 saturated carbocycles. The molecule has 0 N–H and O–H groups in total. The zero-order valence-electron chi connectivity index (χ0n) is 15.3. The van der Waals surface area contributed by atoms with Gasteiger partial charge in [0, 0.05) is 31.1 Å². The van der Waals surface area contributed by atoms with Gasteiger partial charge in [-0.2, -0.15) is 0 Å². The van der Waals surface area contributed by atoms with Crippen LogP contribution < -0.4 is 0 Å². The molecule has 0 aliphatic carbocycles. The molecule has 0 radical (unpaired) electrons. The Hall–Kier alpha value is -3.30. The number of hydrogen-bond acceptors (Lipinski definition) is 3. The fourth-order valence-corrected chi connectivity index (χ4v) is 5.28. The molecule has 4 aromatic carbocycles. The first-order valence-corrected chi connectivity index (χ1v) is 10.2. The third kappa shape index (κ3) is 2.20. The Morgan fingerprint density at radius 3 is 2.39 bits per heavy atom. The fraction of sp³-hybridized carbons (Fsp3) is 0.0400. The van der Waals surface area contributed by atoms with E-state index in [1.54, 1.807) is 0 Å². The van der Waals surface area contributed by atoms with Gasteiger partial charge in [-0.3, -0.25) is 0 Å². The topological polar surface area (TPSA) is 25.8 Å². The van der Waals surface area contributed by atoms with Crippen LogP contribution in [-0.4, -0.2) is 9.97 Å². The SMILES string of the molecule is Cc1nc2c(ccc3ccccc32)nc1-c1cccc2c1sc1ccccc12. The number of fused-ring (bicyclic) bond motifs is 6. The van der Waals surface area contributed by atoms with E-state index in [2.05, 4.69) is 85.8 Å². The molecule has 2 aromatic heterocycles. The van der Waals surface area contributed by atoms with E-state index in [0.717, 1.165) is 27.8 Å². The molecule has 0 spiro atoms. The molecule has 6 rings (SSSR count). The van der Waals surface area contributed by atoms with Crippen molar-refractivity contribution in [3.63, 3.8) is 0 Å². The van der Waals surface area contributed by atoms with Gasteiger partial charge in [-0.1, -0.05) is 66.7 Å². The molecular formula is C25H16N2S. The number of rotatable bonds is 1.